The molecular weight excluding hydrogens is 300 g/mol. The molecule has 120 valence electrons. The van der Waals surface area contributed by atoms with Crippen molar-refractivity contribution in [2.75, 3.05) is 19.8 Å². The summed E-state index contributed by atoms with van der Waals surface area (Å²) in [4.78, 5) is 22.5. The van der Waals surface area contributed by atoms with Gasteiger partial charge in [0, 0.05) is 6.07 Å². The molecule has 0 radical (unpaired) electrons. The van der Waals surface area contributed by atoms with Crippen LogP contribution in [-0.4, -0.2) is 42.8 Å². The first-order chi connectivity index (χ1) is 10.4. The number of hydrogen-bond acceptors (Lipinski definition) is 4. The average Bonchev–Trinajstić information content (AvgIpc) is 2.45. The van der Waals surface area contributed by atoms with Gasteiger partial charge in [0.1, 0.15) is 5.82 Å². The van der Waals surface area contributed by atoms with E-state index >= 15 is 0 Å². The van der Waals surface area contributed by atoms with Crippen molar-refractivity contribution >= 4 is 11.9 Å². The molecule has 0 fully saturated rings. The number of halogens is 2. The summed E-state index contributed by atoms with van der Waals surface area (Å²) in [5, 5.41) is 11.1. The van der Waals surface area contributed by atoms with Gasteiger partial charge in [0.2, 0.25) is 0 Å². The van der Waals surface area contributed by atoms with E-state index in [1.165, 1.54) is 6.08 Å². The number of benzene rings is 1. The number of carbonyl (C=O) groups excluding carboxylic acids is 1. The second-order valence-corrected chi connectivity index (χ2v) is 4.15. The molecule has 1 rings (SSSR count). The minimum absolute atomic E-state index is 0.136. The summed E-state index contributed by atoms with van der Waals surface area (Å²) in [6.45, 7) is 2.67. The third-order valence-electron chi connectivity index (χ3n) is 2.41. The number of amides is 1. The molecule has 1 unspecified atom stereocenters. The second-order valence-electron chi connectivity index (χ2n) is 4.15. The molecule has 0 saturated heterocycles. The summed E-state index contributed by atoms with van der Waals surface area (Å²) >= 11 is 0. The molecule has 22 heavy (non-hydrogen) atoms. The van der Waals surface area contributed by atoms with Crippen LogP contribution in [0.1, 0.15) is 0 Å². The molecule has 1 amide bonds. The Kier molecular flexibility index (Phi) is 6.97. The first-order valence-corrected chi connectivity index (χ1v) is 6.22. The van der Waals surface area contributed by atoms with Crippen molar-refractivity contribution in [3.8, 4) is 5.75 Å². The van der Waals surface area contributed by atoms with Gasteiger partial charge in [-0.2, -0.15) is 0 Å². The van der Waals surface area contributed by atoms with Gasteiger partial charge in [0.25, 0.3) is 5.91 Å². The fraction of sp³-hybridized carbons (Fsp3) is 0.286. The third-order valence-corrected chi connectivity index (χ3v) is 2.41. The van der Waals surface area contributed by atoms with Crippen molar-refractivity contribution in [1.29, 1.82) is 0 Å². The average molecular weight is 315 g/mol. The van der Waals surface area contributed by atoms with Gasteiger partial charge in [-0.3, -0.25) is 4.79 Å². The van der Waals surface area contributed by atoms with Crippen LogP contribution in [-0.2, 0) is 14.3 Å². The minimum Gasteiger partial charge on any atom is -0.481 e. The van der Waals surface area contributed by atoms with Crippen LogP contribution >= 0.6 is 0 Å². The Bertz CT molecular complexity index is 550. The van der Waals surface area contributed by atoms with Crippen molar-refractivity contribution < 1.29 is 33.0 Å². The first kappa shape index (κ1) is 17.6. The molecule has 0 bridgehead atoms. The molecule has 1 aromatic rings. The van der Waals surface area contributed by atoms with Crippen molar-refractivity contribution in [1.82, 2.24) is 5.32 Å². The van der Waals surface area contributed by atoms with E-state index in [0.29, 0.717) is 6.07 Å². The highest BCUT2D eigenvalue weighted by Gasteiger charge is 2.20. The fourth-order valence-corrected chi connectivity index (χ4v) is 1.42. The molecule has 0 saturated carbocycles. The highest BCUT2D eigenvalue weighted by Crippen LogP contribution is 2.17. The smallest absolute Gasteiger partial charge is 0.328 e. The Labute approximate surface area is 125 Å². The molecule has 1 aromatic carbocycles. The fourth-order valence-electron chi connectivity index (χ4n) is 1.42. The van der Waals surface area contributed by atoms with E-state index in [2.05, 4.69) is 11.9 Å². The maximum Gasteiger partial charge on any atom is 0.328 e. The second kappa shape index (κ2) is 8.73. The Hall–Kier alpha value is -2.48. The predicted molar refractivity (Wildman–Crippen MR) is 72.4 cm³/mol. The lowest BCUT2D eigenvalue weighted by Gasteiger charge is -2.14. The molecule has 0 heterocycles. The van der Waals surface area contributed by atoms with Gasteiger partial charge in [-0.15, -0.1) is 6.58 Å². The van der Waals surface area contributed by atoms with Crippen LogP contribution < -0.4 is 10.1 Å². The first-order valence-electron chi connectivity index (χ1n) is 6.22. The number of carboxylic acid groups (broad SMARTS) is 1. The highest BCUT2D eigenvalue weighted by atomic mass is 19.1. The Balaban J connectivity index is 2.49. The van der Waals surface area contributed by atoms with Crippen LogP contribution in [0.3, 0.4) is 0 Å². The normalized spacial score (nSPS) is 11.5. The van der Waals surface area contributed by atoms with Gasteiger partial charge in [-0.25, -0.2) is 13.6 Å². The summed E-state index contributed by atoms with van der Waals surface area (Å²) in [5.41, 5.74) is 0. The summed E-state index contributed by atoms with van der Waals surface area (Å²) in [7, 11) is 0. The molecule has 1 atom stereocenters. The highest BCUT2D eigenvalue weighted by molar-refractivity contribution is 5.84. The number of nitrogens with one attached hydrogen (secondary N) is 1. The van der Waals surface area contributed by atoms with Crippen LogP contribution in [0.25, 0.3) is 0 Å². The van der Waals surface area contributed by atoms with Crippen LogP contribution in [0.2, 0.25) is 0 Å². The standard InChI is InChI=1S/C14H15F2NO5/c1-2-5-21-7-11(14(19)20)17-13(18)8-22-12-4-3-9(15)6-10(12)16/h2-4,6,11H,1,5,7-8H2,(H,17,18)(H,19,20). The quantitative estimate of drug-likeness (QED) is 0.527. The SMILES string of the molecule is C=CCOCC(NC(=O)COc1ccc(F)cc1F)C(=O)O. The van der Waals surface area contributed by atoms with E-state index in [4.69, 9.17) is 14.6 Å². The van der Waals surface area contributed by atoms with Crippen LogP contribution in [0.15, 0.2) is 30.9 Å². The molecule has 0 aliphatic rings. The summed E-state index contributed by atoms with van der Waals surface area (Å²) < 4.78 is 35.8. The molecule has 2 N–H and O–H groups in total. The van der Waals surface area contributed by atoms with Gasteiger partial charge in [0.15, 0.2) is 24.2 Å². The maximum atomic E-state index is 13.3. The summed E-state index contributed by atoms with van der Waals surface area (Å²) in [5.74, 6) is -4.12. The zero-order chi connectivity index (χ0) is 16.5. The Morgan fingerprint density at radius 2 is 2.14 bits per heavy atom. The maximum absolute atomic E-state index is 13.3. The molecular formula is C14H15F2NO5. The van der Waals surface area contributed by atoms with Crippen molar-refractivity contribution in [2.24, 2.45) is 0 Å². The lowest BCUT2D eigenvalue weighted by atomic mass is 10.3. The number of carbonyl (C=O) groups is 2. The van der Waals surface area contributed by atoms with E-state index in [-0.39, 0.29) is 19.0 Å². The molecule has 0 aliphatic carbocycles. The number of hydrogen-bond donors (Lipinski definition) is 2. The largest absolute Gasteiger partial charge is 0.481 e. The number of ether oxygens (including phenoxy) is 2. The molecule has 0 aliphatic heterocycles. The van der Waals surface area contributed by atoms with Gasteiger partial charge < -0.3 is 19.9 Å². The lowest BCUT2D eigenvalue weighted by molar-refractivity contribution is -0.143. The number of carboxylic acids is 1. The van der Waals surface area contributed by atoms with E-state index < -0.39 is 36.2 Å². The van der Waals surface area contributed by atoms with Crippen molar-refractivity contribution in [2.45, 2.75) is 6.04 Å². The number of rotatable bonds is 9. The summed E-state index contributed by atoms with van der Waals surface area (Å²) in [6, 6.07) is 1.34. The number of aliphatic carboxylic acids is 1. The van der Waals surface area contributed by atoms with E-state index in [1.807, 2.05) is 0 Å². The van der Waals surface area contributed by atoms with Gasteiger partial charge in [0.05, 0.1) is 13.2 Å². The van der Waals surface area contributed by atoms with E-state index in [9.17, 15) is 18.4 Å². The predicted octanol–water partition coefficient (Wildman–Crippen LogP) is 1.12. The minimum atomic E-state index is -1.29. The van der Waals surface area contributed by atoms with Gasteiger partial charge in [-0.1, -0.05) is 6.08 Å². The summed E-state index contributed by atoms with van der Waals surface area (Å²) in [6.07, 6.45) is 1.43. The van der Waals surface area contributed by atoms with E-state index in [1.54, 1.807) is 0 Å². The molecule has 0 aromatic heterocycles. The Morgan fingerprint density at radius 1 is 1.41 bits per heavy atom. The van der Waals surface area contributed by atoms with Crippen LogP contribution in [0.5, 0.6) is 5.75 Å². The van der Waals surface area contributed by atoms with Crippen LogP contribution in [0, 0.1) is 11.6 Å². The van der Waals surface area contributed by atoms with Gasteiger partial charge >= 0.3 is 5.97 Å². The third kappa shape index (κ3) is 5.88. The van der Waals surface area contributed by atoms with Crippen LogP contribution in [0.4, 0.5) is 8.78 Å². The Morgan fingerprint density at radius 3 is 2.73 bits per heavy atom. The van der Waals surface area contributed by atoms with E-state index in [0.717, 1.165) is 12.1 Å². The van der Waals surface area contributed by atoms with Gasteiger partial charge in [-0.05, 0) is 12.1 Å². The van der Waals surface area contributed by atoms with Crippen molar-refractivity contribution in [3.05, 3.63) is 42.5 Å². The zero-order valence-corrected chi connectivity index (χ0v) is 11.6. The zero-order valence-electron chi connectivity index (χ0n) is 11.6. The molecule has 0 spiro atoms. The monoisotopic (exact) mass is 315 g/mol. The van der Waals surface area contributed by atoms with Crippen molar-refractivity contribution in [3.63, 3.8) is 0 Å². The topological polar surface area (TPSA) is 84.9 Å². The molecule has 8 heteroatoms. The lowest BCUT2D eigenvalue weighted by Crippen LogP contribution is -2.45. The molecule has 6 nitrogen and oxygen atoms in total.